The number of carbonyl (C=O) groups excluding carboxylic acids is 1. The zero-order valence-electron chi connectivity index (χ0n) is 8.28. The fraction of sp³-hybridized carbons (Fsp3) is 0.500. The van der Waals surface area contributed by atoms with Gasteiger partial charge in [0, 0.05) is 6.92 Å². The molecule has 0 saturated carbocycles. The first-order chi connectivity index (χ1) is 6.99. The summed E-state index contributed by atoms with van der Waals surface area (Å²) >= 11 is 4.64. The van der Waals surface area contributed by atoms with Gasteiger partial charge in [-0.15, -0.1) is 0 Å². The second-order valence-corrected chi connectivity index (χ2v) is 5.16. The maximum Gasteiger partial charge on any atom is 0.303 e. The van der Waals surface area contributed by atoms with Crippen molar-refractivity contribution < 1.29 is 14.6 Å². The highest BCUT2D eigenvalue weighted by Gasteiger charge is 2.10. The van der Waals surface area contributed by atoms with Crippen LogP contribution in [0.2, 0.25) is 0 Å². The third kappa shape index (κ3) is 4.15. The third-order valence-electron chi connectivity index (χ3n) is 1.39. The summed E-state index contributed by atoms with van der Waals surface area (Å²) in [6, 6.07) is 0. The molecule has 0 radical (unpaired) electrons. The number of aliphatic hydroxyl groups is 1. The van der Waals surface area contributed by atoms with Crippen molar-refractivity contribution in [3.05, 3.63) is 9.48 Å². The topological polar surface area (TPSA) is 71.5 Å². The summed E-state index contributed by atoms with van der Waals surface area (Å²) in [5.41, 5.74) is 0.637. The van der Waals surface area contributed by atoms with Crippen LogP contribution in [0.15, 0.2) is 3.79 Å². The monoisotopic (exact) mass is 294 g/mol. The molecule has 84 valence electrons. The van der Waals surface area contributed by atoms with Crippen LogP contribution in [0.5, 0.6) is 0 Å². The summed E-state index contributed by atoms with van der Waals surface area (Å²) in [5.74, 6) is -0.347. The molecule has 0 aliphatic carbocycles. The number of nitrogens with zero attached hydrogens (tertiary/aromatic N) is 1. The van der Waals surface area contributed by atoms with E-state index in [0.29, 0.717) is 10.8 Å². The standard InChI is InChI=1S/C8H11BrN2O3S/c1-4(12)10-8-11-6(7(9)15-8)3-14-5(2)13/h4,12H,3H2,1-2H3,(H,10,11). The summed E-state index contributed by atoms with van der Waals surface area (Å²) in [6.07, 6.45) is -0.662. The molecule has 2 N–H and O–H groups in total. The number of carbonyl (C=O) groups is 1. The molecule has 0 bridgehead atoms. The molecule has 0 amide bonds. The van der Waals surface area contributed by atoms with Gasteiger partial charge in [0.1, 0.15) is 18.5 Å². The predicted octanol–water partition coefficient (Wildman–Crippen LogP) is 1.72. The van der Waals surface area contributed by atoms with E-state index in [-0.39, 0.29) is 12.6 Å². The number of aromatic nitrogens is 1. The maximum absolute atomic E-state index is 10.6. The number of aliphatic hydroxyl groups excluding tert-OH is 1. The Labute approximate surface area is 99.6 Å². The molecule has 1 aromatic heterocycles. The molecule has 7 heteroatoms. The Bertz CT molecular complexity index is 354. The lowest BCUT2D eigenvalue weighted by Gasteiger charge is -2.03. The molecule has 1 atom stereocenters. The molecular formula is C8H11BrN2O3S. The van der Waals surface area contributed by atoms with Gasteiger partial charge in [0.05, 0.1) is 3.79 Å². The molecule has 0 spiro atoms. The summed E-state index contributed by atoms with van der Waals surface area (Å²) < 4.78 is 5.60. The van der Waals surface area contributed by atoms with Gasteiger partial charge in [0.2, 0.25) is 0 Å². The minimum atomic E-state index is -0.662. The maximum atomic E-state index is 10.6. The fourth-order valence-electron chi connectivity index (χ4n) is 0.833. The van der Waals surface area contributed by atoms with Gasteiger partial charge >= 0.3 is 5.97 Å². The van der Waals surface area contributed by atoms with Crippen LogP contribution >= 0.6 is 27.3 Å². The highest BCUT2D eigenvalue weighted by atomic mass is 79.9. The Hall–Kier alpha value is -0.660. The number of thiazole rings is 1. The first-order valence-corrected chi connectivity index (χ1v) is 5.83. The number of hydrogen-bond acceptors (Lipinski definition) is 6. The fourth-order valence-corrected chi connectivity index (χ4v) is 2.27. The average molecular weight is 295 g/mol. The summed E-state index contributed by atoms with van der Waals surface area (Å²) in [6.45, 7) is 3.07. The van der Waals surface area contributed by atoms with E-state index in [2.05, 4.69) is 26.2 Å². The number of nitrogens with one attached hydrogen (secondary N) is 1. The molecule has 0 saturated heterocycles. The Balaban J connectivity index is 2.64. The molecule has 0 fully saturated rings. The van der Waals surface area contributed by atoms with Gasteiger partial charge in [-0.1, -0.05) is 11.3 Å². The molecule has 1 aromatic rings. The van der Waals surface area contributed by atoms with Crippen LogP contribution in [0, 0.1) is 0 Å². The zero-order valence-corrected chi connectivity index (χ0v) is 10.7. The van der Waals surface area contributed by atoms with Gasteiger partial charge in [-0.05, 0) is 22.9 Å². The van der Waals surface area contributed by atoms with Crippen molar-refractivity contribution in [3.8, 4) is 0 Å². The minimum Gasteiger partial charge on any atom is -0.459 e. The van der Waals surface area contributed by atoms with Crippen molar-refractivity contribution >= 4 is 38.4 Å². The van der Waals surface area contributed by atoms with Crippen LogP contribution in [0.1, 0.15) is 19.5 Å². The van der Waals surface area contributed by atoms with Crippen LogP contribution in [-0.2, 0) is 16.1 Å². The lowest BCUT2D eigenvalue weighted by atomic mass is 10.5. The number of ether oxygens (including phenoxy) is 1. The number of anilines is 1. The molecule has 0 aliphatic heterocycles. The van der Waals surface area contributed by atoms with Crippen LogP contribution in [0.3, 0.4) is 0 Å². The molecule has 0 aromatic carbocycles. The molecular weight excluding hydrogens is 284 g/mol. The van der Waals surface area contributed by atoms with Gasteiger partial charge in [0.15, 0.2) is 5.13 Å². The van der Waals surface area contributed by atoms with Gasteiger partial charge in [-0.25, -0.2) is 4.98 Å². The molecule has 1 unspecified atom stereocenters. The quantitative estimate of drug-likeness (QED) is 0.653. The first kappa shape index (κ1) is 12.4. The van der Waals surface area contributed by atoms with Crippen LogP contribution in [0.25, 0.3) is 0 Å². The van der Waals surface area contributed by atoms with E-state index >= 15 is 0 Å². The average Bonchev–Trinajstić information content (AvgIpc) is 2.41. The summed E-state index contributed by atoms with van der Waals surface area (Å²) in [5, 5.41) is 12.4. The molecule has 15 heavy (non-hydrogen) atoms. The normalized spacial score (nSPS) is 12.3. The molecule has 1 rings (SSSR count). The third-order valence-corrected chi connectivity index (χ3v) is 3.15. The van der Waals surface area contributed by atoms with E-state index in [1.165, 1.54) is 18.3 Å². The van der Waals surface area contributed by atoms with E-state index in [1.54, 1.807) is 6.92 Å². The van der Waals surface area contributed by atoms with Crippen molar-refractivity contribution in [2.75, 3.05) is 5.32 Å². The largest absolute Gasteiger partial charge is 0.459 e. The molecule has 1 heterocycles. The van der Waals surface area contributed by atoms with E-state index < -0.39 is 6.23 Å². The number of hydrogen-bond donors (Lipinski definition) is 2. The smallest absolute Gasteiger partial charge is 0.303 e. The number of halogens is 1. The van der Waals surface area contributed by atoms with E-state index in [9.17, 15) is 4.79 Å². The van der Waals surface area contributed by atoms with Gasteiger partial charge in [-0.2, -0.15) is 0 Å². The van der Waals surface area contributed by atoms with E-state index in [4.69, 9.17) is 9.84 Å². The van der Waals surface area contributed by atoms with Crippen molar-refractivity contribution in [1.29, 1.82) is 0 Å². The van der Waals surface area contributed by atoms with Gasteiger partial charge in [0.25, 0.3) is 0 Å². The predicted molar refractivity (Wildman–Crippen MR) is 60.6 cm³/mol. The highest BCUT2D eigenvalue weighted by molar-refractivity contribution is 9.11. The second kappa shape index (κ2) is 5.43. The SMILES string of the molecule is CC(=O)OCc1nc(NC(C)O)sc1Br. The Morgan fingerprint density at radius 1 is 1.80 bits per heavy atom. The van der Waals surface area contributed by atoms with E-state index in [0.717, 1.165) is 3.79 Å². The minimum absolute atomic E-state index is 0.133. The molecule has 0 aliphatic rings. The zero-order chi connectivity index (χ0) is 11.4. The van der Waals surface area contributed by atoms with Crippen molar-refractivity contribution in [2.24, 2.45) is 0 Å². The van der Waals surface area contributed by atoms with Gasteiger partial charge < -0.3 is 15.2 Å². The number of rotatable bonds is 4. The Morgan fingerprint density at radius 3 is 3.00 bits per heavy atom. The van der Waals surface area contributed by atoms with Crippen molar-refractivity contribution in [2.45, 2.75) is 26.7 Å². The molecule has 5 nitrogen and oxygen atoms in total. The van der Waals surface area contributed by atoms with Gasteiger partial charge in [-0.3, -0.25) is 4.79 Å². The van der Waals surface area contributed by atoms with E-state index in [1.807, 2.05) is 0 Å². The summed E-state index contributed by atoms with van der Waals surface area (Å²) in [7, 11) is 0. The Kier molecular flexibility index (Phi) is 4.49. The van der Waals surface area contributed by atoms with Crippen LogP contribution in [0.4, 0.5) is 5.13 Å². The number of esters is 1. The lowest BCUT2D eigenvalue weighted by Crippen LogP contribution is -2.13. The second-order valence-electron chi connectivity index (χ2n) is 2.84. The van der Waals surface area contributed by atoms with Crippen LogP contribution < -0.4 is 5.32 Å². The first-order valence-electron chi connectivity index (χ1n) is 4.22. The highest BCUT2D eigenvalue weighted by Crippen LogP contribution is 2.29. The van der Waals surface area contributed by atoms with Crippen molar-refractivity contribution in [3.63, 3.8) is 0 Å². The Morgan fingerprint density at radius 2 is 2.47 bits per heavy atom. The summed E-state index contributed by atoms with van der Waals surface area (Å²) in [4.78, 5) is 14.7. The van der Waals surface area contributed by atoms with Crippen molar-refractivity contribution in [1.82, 2.24) is 4.98 Å². The lowest BCUT2D eigenvalue weighted by molar-refractivity contribution is -0.142. The van der Waals surface area contributed by atoms with Crippen LogP contribution in [-0.4, -0.2) is 22.3 Å².